The molecule has 0 aliphatic rings. The fourth-order valence-corrected chi connectivity index (χ4v) is 2.81. The van der Waals surface area contributed by atoms with E-state index in [1.807, 2.05) is 44.2 Å². The molecule has 5 heteroatoms. The van der Waals surface area contributed by atoms with Gasteiger partial charge in [0, 0.05) is 11.1 Å². The molecular weight excluding hydrogens is 338 g/mol. The molecule has 1 atom stereocenters. The summed E-state index contributed by atoms with van der Waals surface area (Å²) in [6.07, 6.45) is 0. The molecule has 1 N–H and O–H groups in total. The molecule has 0 aliphatic heterocycles. The fraction of sp³-hybridized carbons (Fsp3) is 0.318. The number of rotatable bonds is 4. The molecule has 1 heterocycles. The predicted octanol–water partition coefficient (Wildman–Crippen LogP) is 4.83. The molecule has 5 nitrogen and oxygen atoms in total. The van der Waals surface area contributed by atoms with Crippen LogP contribution in [0.15, 0.2) is 53.1 Å². The third kappa shape index (κ3) is 4.25. The first-order chi connectivity index (χ1) is 12.8. The summed E-state index contributed by atoms with van der Waals surface area (Å²) in [6.45, 7) is 10.3. The Morgan fingerprint density at radius 2 is 1.74 bits per heavy atom. The first-order valence-corrected chi connectivity index (χ1v) is 9.07. The van der Waals surface area contributed by atoms with Gasteiger partial charge in [-0.1, -0.05) is 68.4 Å². The summed E-state index contributed by atoms with van der Waals surface area (Å²) < 4.78 is 5.37. The van der Waals surface area contributed by atoms with Crippen LogP contribution >= 0.6 is 0 Å². The average molecular weight is 363 g/mol. The van der Waals surface area contributed by atoms with Gasteiger partial charge in [-0.3, -0.25) is 4.79 Å². The maximum absolute atomic E-state index is 12.5. The SMILES string of the molecule is Cc1ccccc1C(=O)N[C@H](C)c1nc(-c2ccc(C(C)(C)C)cc2)no1. The minimum absolute atomic E-state index is 0.0926. The van der Waals surface area contributed by atoms with Crippen molar-refractivity contribution in [2.24, 2.45) is 0 Å². The molecule has 140 valence electrons. The molecular formula is C22H25N3O2. The number of nitrogens with zero attached hydrogens (tertiary/aromatic N) is 2. The highest BCUT2D eigenvalue weighted by molar-refractivity contribution is 5.95. The molecule has 1 amide bonds. The summed E-state index contributed by atoms with van der Waals surface area (Å²) >= 11 is 0. The van der Waals surface area contributed by atoms with Gasteiger partial charge in [-0.05, 0) is 36.5 Å². The summed E-state index contributed by atoms with van der Waals surface area (Å²) in [5.74, 6) is 0.740. The Morgan fingerprint density at radius 1 is 1.07 bits per heavy atom. The molecule has 3 aromatic rings. The average Bonchev–Trinajstić information content (AvgIpc) is 3.11. The van der Waals surface area contributed by atoms with Crippen molar-refractivity contribution in [2.75, 3.05) is 0 Å². The summed E-state index contributed by atoms with van der Waals surface area (Å²) in [5, 5.41) is 6.97. The first-order valence-electron chi connectivity index (χ1n) is 9.07. The van der Waals surface area contributed by atoms with E-state index in [0.29, 0.717) is 17.3 Å². The minimum atomic E-state index is -0.382. The van der Waals surface area contributed by atoms with Crippen molar-refractivity contribution in [2.45, 2.75) is 46.1 Å². The number of aryl methyl sites for hydroxylation is 1. The van der Waals surface area contributed by atoms with Gasteiger partial charge in [0.25, 0.3) is 5.91 Å². The van der Waals surface area contributed by atoms with Gasteiger partial charge in [0.1, 0.15) is 6.04 Å². The van der Waals surface area contributed by atoms with E-state index in [-0.39, 0.29) is 17.4 Å². The van der Waals surface area contributed by atoms with Gasteiger partial charge in [0.05, 0.1) is 0 Å². The Morgan fingerprint density at radius 3 is 2.37 bits per heavy atom. The van der Waals surface area contributed by atoms with E-state index in [4.69, 9.17) is 4.52 Å². The largest absolute Gasteiger partial charge is 0.341 e. The van der Waals surface area contributed by atoms with E-state index in [1.165, 1.54) is 5.56 Å². The third-order valence-corrected chi connectivity index (χ3v) is 4.56. The van der Waals surface area contributed by atoms with Crippen molar-refractivity contribution in [3.05, 3.63) is 71.1 Å². The highest BCUT2D eigenvalue weighted by atomic mass is 16.5. The number of hydrogen-bond donors (Lipinski definition) is 1. The van der Waals surface area contributed by atoms with Gasteiger partial charge >= 0.3 is 0 Å². The zero-order valence-electron chi connectivity index (χ0n) is 16.4. The topological polar surface area (TPSA) is 68.0 Å². The fourth-order valence-electron chi connectivity index (χ4n) is 2.81. The molecule has 0 bridgehead atoms. The lowest BCUT2D eigenvalue weighted by Gasteiger charge is -2.18. The molecule has 0 radical (unpaired) electrons. The zero-order valence-corrected chi connectivity index (χ0v) is 16.4. The van der Waals surface area contributed by atoms with Crippen LogP contribution in [0.1, 0.15) is 61.1 Å². The van der Waals surface area contributed by atoms with Crippen molar-refractivity contribution in [1.82, 2.24) is 15.5 Å². The van der Waals surface area contributed by atoms with Crippen molar-refractivity contribution >= 4 is 5.91 Å². The second-order valence-corrected chi connectivity index (χ2v) is 7.79. The summed E-state index contributed by atoms with van der Waals surface area (Å²) in [4.78, 5) is 16.9. The van der Waals surface area contributed by atoms with Crippen LogP contribution in [0.2, 0.25) is 0 Å². The van der Waals surface area contributed by atoms with E-state index in [9.17, 15) is 4.79 Å². The lowest BCUT2D eigenvalue weighted by Crippen LogP contribution is -2.27. The van der Waals surface area contributed by atoms with Gasteiger partial charge in [0.15, 0.2) is 0 Å². The highest BCUT2D eigenvalue weighted by Gasteiger charge is 2.19. The van der Waals surface area contributed by atoms with E-state index in [0.717, 1.165) is 11.1 Å². The Kier molecular flexibility index (Phi) is 5.13. The van der Waals surface area contributed by atoms with E-state index in [1.54, 1.807) is 6.07 Å². The molecule has 1 aromatic heterocycles. The third-order valence-electron chi connectivity index (χ3n) is 4.56. The molecule has 0 spiro atoms. The van der Waals surface area contributed by atoms with Gasteiger partial charge < -0.3 is 9.84 Å². The van der Waals surface area contributed by atoms with Crippen molar-refractivity contribution in [1.29, 1.82) is 0 Å². The molecule has 2 aromatic carbocycles. The Balaban J connectivity index is 1.73. The first kappa shape index (κ1) is 18.8. The standard InChI is InChI=1S/C22H25N3O2/c1-14-8-6-7-9-18(14)20(26)23-15(2)21-24-19(25-27-21)16-10-12-17(13-11-16)22(3,4)5/h6-13,15H,1-5H3,(H,23,26)/t15-/m1/s1. The number of benzene rings is 2. The molecule has 0 fully saturated rings. The quantitative estimate of drug-likeness (QED) is 0.720. The van der Waals surface area contributed by atoms with Crippen LogP contribution in [0, 0.1) is 6.92 Å². The molecule has 0 aliphatic carbocycles. The second kappa shape index (κ2) is 7.35. The van der Waals surface area contributed by atoms with Crippen LogP contribution in [0.3, 0.4) is 0 Å². The zero-order chi connectivity index (χ0) is 19.6. The Bertz CT molecular complexity index is 937. The van der Waals surface area contributed by atoms with Crippen LogP contribution in [0.5, 0.6) is 0 Å². The van der Waals surface area contributed by atoms with Crippen molar-refractivity contribution < 1.29 is 9.32 Å². The van der Waals surface area contributed by atoms with Crippen LogP contribution < -0.4 is 5.32 Å². The van der Waals surface area contributed by atoms with Gasteiger partial charge in [-0.15, -0.1) is 0 Å². The summed E-state index contributed by atoms with van der Waals surface area (Å²) in [6, 6.07) is 15.2. The second-order valence-electron chi connectivity index (χ2n) is 7.79. The lowest BCUT2D eigenvalue weighted by atomic mass is 9.87. The maximum atomic E-state index is 12.5. The highest BCUT2D eigenvalue weighted by Crippen LogP contribution is 2.25. The summed E-state index contributed by atoms with van der Waals surface area (Å²) in [5.41, 5.74) is 3.79. The maximum Gasteiger partial charge on any atom is 0.252 e. The summed E-state index contributed by atoms with van der Waals surface area (Å²) in [7, 11) is 0. The van der Waals surface area contributed by atoms with Crippen molar-refractivity contribution in [3.8, 4) is 11.4 Å². The molecule has 27 heavy (non-hydrogen) atoms. The molecule has 0 saturated heterocycles. The van der Waals surface area contributed by atoms with Crippen LogP contribution in [-0.4, -0.2) is 16.0 Å². The number of carbonyl (C=O) groups is 1. The molecule has 0 unspecified atom stereocenters. The number of carbonyl (C=O) groups excluding carboxylic acids is 1. The van der Waals surface area contributed by atoms with Crippen LogP contribution in [0.4, 0.5) is 0 Å². The minimum Gasteiger partial charge on any atom is -0.341 e. The van der Waals surface area contributed by atoms with Crippen LogP contribution in [0.25, 0.3) is 11.4 Å². The Hall–Kier alpha value is -2.95. The molecule has 3 rings (SSSR count). The lowest BCUT2D eigenvalue weighted by molar-refractivity contribution is 0.0932. The number of amides is 1. The van der Waals surface area contributed by atoms with Gasteiger partial charge in [-0.2, -0.15) is 4.98 Å². The number of aromatic nitrogens is 2. The number of hydrogen-bond acceptors (Lipinski definition) is 4. The van der Waals surface area contributed by atoms with Crippen LogP contribution in [-0.2, 0) is 5.41 Å². The molecule has 0 saturated carbocycles. The number of nitrogens with one attached hydrogen (secondary N) is 1. The van der Waals surface area contributed by atoms with E-state index in [2.05, 4.69) is 48.4 Å². The van der Waals surface area contributed by atoms with E-state index >= 15 is 0 Å². The van der Waals surface area contributed by atoms with Gasteiger partial charge in [-0.25, -0.2) is 0 Å². The van der Waals surface area contributed by atoms with Gasteiger partial charge in [0.2, 0.25) is 11.7 Å². The van der Waals surface area contributed by atoms with Crippen molar-refractivity contribution in [3.63, 3.8) is 0 Å². The normalized spacial score (nSPS) is 12.6. The Labute approximate surface area is 159 Å². The van der Waals surface area contributed by atoms with E-state index < -0.39 is 0 Å². The monoisotopic (exact) mass is 363 g/mol. The predicted molar refractivity (Wildman–Crippen MR) is 105 cm³/mol. The smallest absolute Gasteiger partial charge is 0.252 e.